The molecule has 6 rings (SSSR count). The zero-order valence-corrected chi connectivity index (χ0v) is 23.6. The van der Waals surface area contributed by atoms with Gasteiger partial charge in [0.25, 0.3) is 17.6 Å². The van der Waals surface area contributed by atoms with E-state index in [1.54, 1.807) is 54.5 Å². The molecule has 0 radical (unpaired) electrons. The summed E-state index contributed by atoms with van der Waals surface area (Å²) in [6.45, 7) is 0.816. The molecule has 218 valence electrons. The monoisotopic (exact) mass is 601 g/mol. The number of amides is 3. The highest BCUT2D eigenvalue weighted by molar-refractivity contribution is 7.22. The van der Waals surface area contributed by atoms with Crippen LogP contribution in [0, 0.1) is 5.82 Å². The summed E-state index contributed by atoms with van der Waals surface area (Å²) in [4.78, 5) is 61.8. The Morgan fingerprint density at radius 3 is 2.47 bits per heavy atom. The van der Waals surface area contributed by atoms with Crippen LogP contribution in [0.2, 0.25) is 0 Å². The zero-order chi connectivity index (χ0) is 30.1. The van der Waals surface area contributed by atoms with Crippen molar-refractivity contribution in [2.75, 3.05) is 38.6 Å². The fourth-order valence-corrected chi connectivity index (χ4v) is 5.76. The van der Waals surface area contributed by atoms with Crippen LogP contribution in [0.15, 0.2) is 66.9 Å². The van der Waals surface area contributed by atoms with Crippen LogP contribution < -0.4 is 14.8 Å². The van der Waals surface area contributed by atoms with Crippen LogP contribution in [0.3, 0.4) is 0 Å². The fourth-order valence-electron chi connectivity index (χ4n) is 4.88. The maximum atomic E-state index is 15.0. The van der Waals surface area contributed by atoms with Gasteiger partial charge in [-0.05, 0) is 42.5 Å². The highest BCUT2D eigenvalue weighted by Gasteiger charge is 2.31. The van der Waals surface area contributed by atoms with Gasteiger partial charge in [0.15, 0.2) is 10.9 Å². The maximum absolute atomic E-state index is 15.0. The van der Waals surface area contributed by atoms with E-state index < -0.39 is 23.6 Å². The smallest absolute Gasteiger partial charge is 0.418 e. The molecule has 0 bridgehead atoms. The highest BCUT2D eigenvalue weighted by Crippen LogP contribution is 2.32. The Hall–Kier alpha value is -5.30. The normalized spacial score (nSPS) is 13.3. The van der Waals surface area contributed by atoms with Gasteiger partial charge >= 0.3 is 6.09 Å². The van der Waals surface area contributed by atoms with Gasteiger partial charge < -0.3 is 24.3 Å². The van der Waals surface area contributed by atoms with Gasteiger partial charge in [-0.2, -0.15) is 0 Å². The van der Waals surface area contributed by atoms with E-state index in [-0.39, 0.29) is 59.4 Å². The highest BCUT2D eigenvalue weighted by atomic mass is 32.1. The SMILES string of the molecule is COc1ccc2nc(NC(=O)Oc3ccc(F)c4c(C(=O)C(=O)N5CCN(C(=O)c6ccccc6)CC5)c[nH]c34)sc2c1. The van der Waals surface area contributed by atoms with Crippen LogP contribution in [-0.4, -0.2) is 76.7 Å². The average molecular weight is 602 g/mol. The van der Waals surface area contributed by atoms with Crippen LogP contribution in [0.25, 0.3) is 21.1 Å². The Morgan fingerprint density at radius 2 is 1.72 bits per heavy atom. The summed E-state index contributed by atoms with van der Waals surface area (Å²) < 4.78 is 26.4. The minimum Gasteiger partial charge on any atom is -0.497 e. The van der Waals surface area contributed by atoms with Crippen LogP contribution in [0.4, 0.5) is 14.3 Å². The second-order valence-electron chi connectivity index (χ2n) is 9.64. The van der Waals surface area contributed by atoms with Crippen LogP contribution in [-0.2, 0) is 4.79 Å². The topological polar surface area (TPSA) is 134 Å². The number of Topliss-reactive ketones (excluding diaryl/α,β-unsaturated/α-hetero) is 1. The number of halogens is 1. The lowest BCUT2D eigenvalue weighted by Gasteiger charge is -2.34. The van der Waals surface area contributed by atoms with Gasteiger partial charge in [-0.25, -0.2) is 14.2 Å². The third kappa shape index (κ3) is 5.49. The van der Waals surface area contributed by atoms with E-state index in [4.69, 9.17) is 9.47 Å². The Balaban J connectivity index is 1.14. The predicted octanol–water partition coefficient (Wildman–Crippen LogP) is 4.70. The summed E-state index contributed by atoms with van der Waals surface area (Å²) in [5, 5.41) is 2.66. The molecule has 0 spiro atoms. The first-order chi connectivity index (χ1) is 20.8. The Labute approximate surface area is 247 Å². The third-order valence-corrected chi connectivity index (χ3v) is 8.00. The first-order valence-electron chi connectivity index (χ1n) is 13.2. The minimum atomic E-state index is -0.917. The number of hydrogen-bond acceptors (Lipinski definition) is 8. The molecule has 3 amide bonds. The molecule has 3 heterocycles. The van der Waals surface area contributed by atoms with E-state index in [0.717, 1.165) is 10.8 Å². The quantitative estimate of drug-likeness (QED) is 0.213. The summed E-state index contributed by atoms with van der Waals surface area (Å²) in [5.41, 5.74) is 1.05. The number of fused-ring (bicyclic) bond motifs is 2. The number of benzene rings is 3. The molecule has 11 nitrogen and oxygen atoms in total. The summed E-state index contributed by atoms with van der Waals surface area (Å²) in [6.07, 6.45) is 0.342. The molecule has 1 aliphatic heterocycles. The lowest BCUT2D eigenvalue weighted by Crippen LogP contribution is -2.52. The molecule has 3 aromatic carbocycles. The number of ether oxygens (including phenoxy) is 2. The molecule has 0 saturated carbocycles. The van der Waals surface area contributed by atoms with Crippen LogP contribution in [0.5, 0.6) is 11.5 Å². The average Bonchev–Trinajstić information content (AvgIpc) is 3.66. The summed E-state index contributed by atoms with van der Waals surface area (Å²) in [7, 11) is 1.55. The molecular formula is C30H24FN5O6S. The molecular weight excluding hydrogens is 577 g/mol. The van der Waals surface area contributed by atoms with Gasteiger partial charge in [0.1, 0.15) is 11.6 Å². The number of carbonyl (C=O) groups excluding carboxylic acids is 4. The van der Waals surface area contributed by atoms with Crippen molar-refractivity contribution in [3.63, 3.8) is 0 Å². The minimum absolute atomic E-state index is 0.0404. The van der Waals surface area contributed by atoms with E-state index in [2.05, 4.69) is 15.3 Å². The Kier molecular flexibility index (Phi) is 7.47. The largest absolute Gasteiger partial charge is 0.497 e. The number of nitrogens with zero attached hydrogens (tertiary/aromatic N) is 3. The van der Waals surface area contributed by atoms with E-state index in [9.17, 15) is 23.6 Å². The van der Waals surface area contributed by atoms with Gasteiger partial charge in [-0.1, -0.05) is 29.5 Å². The first-order valence-corrected chi connectivity index (χ1v) is 14.0. The molecule has 1 fully saturated rings. The summed E-state index contributed by atoms with van der Waals surface area (Å²) in [5.74, 6) is -2.05. The molecule has 13 heteroatoms. The van der Waals surface area contributed by atoms with Crippen molar-refractivity contribution in [2.45, 2.75) is 0 Å². The molecule has 5 aromatic rings. The van der Waals surface area contributed by atoms with E-state index in [0.29, 0.717) is 16.8 Å². The first kappa shape index (κ1) is 27.8. The summed E-state index contributed by atoms with van der Waals surface area (Å²) >= 11 is 1.22. The second-order valence-corrected chi connectivity index (χ2v) is 10.7. The second kappa shape index (κ2) is 11.5. The Morgan fingerprint density at radius 1 is 0.977 bits per heavy atom. The predicted molar refractivity (Wildman–Crippen MR) is 157 cm³/mol. The number of hydrogen-bond donors (Lipinski definition) is 2. The van der Waals surface area contributed by atoms with Crippen LogP contribution >= 0.6 is 11.3 Å². The van der Waals surface area contributed by atoms with Crippen molar-refractivity contribution in [1.29, 1.82) is 0 Å². The van der Waals surface area contributed by atoms with Gasteiger partial charge in [0.2, 0.25) is 0 Å². The standard InChI is InChI=1S/C30H24FN5O6S/c1-41-18-7-9-21-23(15-18)43-29(33-21)34-30(40)42-22-10-8-20(31)24-19(16-32-25(22)24)26(37)28(39)36-13-11-35(12-14-36)27(38)17-5-3-2-4-6-17/h2-10,15-16,32H,11-14H2,1H3,(H,33,34,40). The zero-order valence-electron chi connectivity index (χ0n) is 22.8. The number of carbonyl (C=O) groups is 4. The van der Waals surface area contributed by atoms with Crippen molar-refractivity contribution >= 4 is 61.3 Å². The molecule has 1 saturated heterocycles. The lowest BCUT2D eigenvalue weighted by atomic mass is 10.1. The number of thiazole rings is 1. The molecule has 43 heavy (non-hydrogen) atoms. The maximum Gasteiger partial charge on any atom is 0.418 e. The number of piperazine rings is 1. The van der Waals surface area contributed by atoms with Crippen LogP contribution in [0.1, 0.15) is 20.7 Å². The lowest BCUT2D eigenvalue weighted by molar-refractivity contribution is -0.127. The van der Waals surface area contributed by atoms with Gasteiger partial charge in [0, 0.05) is 37.9 Å². The Bertz CT molecular complexity index is 1880. The number of rotatable bonds is 6. The number of nitrogens with one attached hydrogen (secondary N) is 2. The fraction of sp³-hybridized carbons (Fsp3) is 0.167. The molecule has 2 aromatic heterocycles. The van der Waals surface area contributed by atoms with Crippen molar-refractivity contribution in [3.05, 3.63) is 83.8 Å². The molecule has 0 unspecified atom stereocenters. The van der Waals surface area contributed by atoms with Gasteiger partial charge in [-0.3, -0.25) is 19.7 Å². The molecule has 0 atom stereocenters. The van der Waals surface area contributed by atoms with Crippen molar-refractivity contribution < 1.29 is 33.0 Å². The van der Waals surface area contributed by atoms with E-state index in [1.807, 2.05) is 6.07 Å². The number of ketones is 1. The number of H-pyrrole nitrogens is 1. The van der Waals surface area contributed by atoms with Gasteiger partial charge in [0.05, 0.1) is 33.8 Å². The number of methoxy groups -OCH3 is 1. The number of aromatic amines is 1. The number of aromatic nitrogens is 2. The van der Waals surface area contributed by atoms with E-state index >= 15 is 0 Å². The van der Waals surface area contributed by atoms with Crippen molar-refractivity contribution in [2.24, 2.45) is 0 Å². The van der Waals surface area contributed by atoms with Crippen molar-refractivity contribution in [3.8, 4) is 11.5 Å². The van der Waals surface area contributed by atoms with Crippen molar-refractivity contribution in [1.82, 2.24) is 19.8 Å². The number of anilines is 1. The van der Waals surface area contributed by atoms with Gasteiger partial charge in [-0.15, -0.1) is 0 Å². The van der Waals surface area contributed by atoms with E-state index in [1.165, 1.54) is 28.5 Å². The third-order valence-electron chi connectivity index (χ3n) is 7.07. The molecule has 2 N–H and O–H groups in total. The summed E-state index contributed by atoms with van der Waals surface area (Å²) in [6, 6.07) is 16.4. The molecule has 1 aliphatic rings. The molecule has 0 aliphatic carbocycles.